The summed E-state index contributed by atoms with van der Waals surface area (Å²) in [5.74, 6) is -1.00. The van der Waals surface area contributed by atoms with Gasteiger partial charge in [0, 0.05) is 7.05 Å². The van der Waals surface area contributed by atoms with Crippen LogP contribution in [0.4, 0.5) is 0 Å². The minimum absolute atomic E-state index is 0.0621. The van der Waals surface area contributed by atoms with Gasteiger partial charge < -0.3 is 10.1 Å². The van der Waals surface area contributed by atoms with Crippen molar-refractivity contribution in [1.29, 1.82) is 0 Å². The van der Waals surface area contributed by atoms with Gasteiger partial charge in [0.15, 0.2) is 0 Å². The molecular formula is C23H24N2O5S. The molecular weight excluding hydrogens is 416 g/mol. The number of fused-ring (bicyclic) bond motifs is 1. The minimum Gasteiger partial charge on any atom is -0.469 e. The number of nitrogens with zero attached hydrogens (tertiary/aromatic N) is 1. The molecule has 1 N–H and O–H groups in total. The molecule has 31 heavy (non-hydrogen) atoms. The highest BCUT2D eigenvalue weighted by Crippen LogP contribution is 2.22. The molecule has 162 valence electrons. The Kier molecular flexibility index (Phi) is 7.04. The average Bonchev–Trinajstić information content (AvgIpc) is 2.78. The topological polar surface area (TPSA) is 92.8 Å². The highest BCUT2D eigenvalue weighted by atomic mass is 32.2. The predicted octanol–water partition coefficient (Wildman–Crippen LogP) is 2.88. The summed E-state index contributed by atoms with van der Waals surface area (Å²) in [6, 6.07) is 20.6. The zero-order valence-electron chi connectivity index (χ0n) is 17.3. The first kappa shape index (κ1) is 22.5. The lowest BCUT2D eigenvalue weighted by molar-refractivity contribution is -0.141. The maximum Gasteiger partial charge on any atom is 0.307 e. The van der Waals surface area contributed by atoms with E-state index in [1.165, 1.54) is 20.2 Å². The van der Waals surface area contributed by atoms with Gasteiger partial charge in [0.25, 0.3) is 0 Å². The Hall–Kier alpha value is -3.23. The zero-order chi connectivity index (χ0) is 22.4. The van der Waals surface area contributed by atoms with Crippen LogP contribution in [0.3, 0.4) is 0 Å². The highest BCUT2D eigenvalue weighted by Gasteiger charge is 2.25. The highest BCUT2D eigenvalue weighted by molar-refractivity contribution is 7.89. The molecule has 0 aromatic heterocycles. The first-order chi connectivity index (χ1) is 14.8. The molecule has 0 bridgehead atoms. The lowest BCUT2D eigenvalue weighted by Gasteiger charge is -2.21. The molecule has 1 atom stereocenters. The van der Waals surface area contributed by atoms with E-state index in [9.17, 15) is 18.0 Å². The molecule has 1 amide bonds. The number of rotatable bonds is 8. The van der Waals surface area contributed by atoms with Gasteiger partial charge >= 0.3 is 5.97 Å². The van der Waals surface area contributed by atoms with E-state index >= 15 is 0 Å². The van der Waals surface area contributed by atoms with Crippen LogP contribution < -0.4 is 5.32 Å². The zero-order valence-corrected chi connectivity index (χ0v) is 18.1. The van der Waals surface area contributed by atoms with Crippen molar-refractivity contribution in [3.8, 4) is 0 Å². The lowest BCUT2D eigenvalue weighted by Crippen LogP contribution is -2.40. The van der Waals surface area contributed by atoms with Crippen LogP contribution in [0, 0.1) is 0 Å². The van der Waals surface area contributed by atoms with Crippen LogP contribution in [-0.4, -0.2) is 45.3 Å². The summed E-state index contributed by atoms with van der Waals surface area (Å²) in [5.41, 5.74) is 0.723. The summed E-state index contributed by atoms with van der Waals surface area (Å²) in [6.45, 7) is -0.389. The first-order valence-electron chi connectivity index (χ1n) is 9.67. The molecule has 3 aromatic carbocycles. The van der Waals surface area contributed by atoms with Crippen molar-refractivity contribution in [2.75, 3.05) is 20.7 Å². The minimum atomic E-state index is -3.87. The number of nitrogens with one attached hydrogen (secondary N) is 1. The number of hydrogen-bond acceptors (Lipinski definition) is 5. The summed E-state index contributed by atoms with van der Waals surface area (Å²) in [7, 11) is -1.25. The standard InChI is InChI=1S/C23H24N2O5S/c1-25(31(28,29)20-13-12-17-8-6-7-11-19(17)14-20)16-22(26)24-21(15-23(27)30-2)18-9-4-3-5-10-18/h3-14,21H,15-16H2,1-2H3,(H,24,26)/t21-/m0/s1. The second kappa shape index (κ2) is 9.72. The van der Waals surface area contributed by atoms with Crippen molar-refractivity contribution in [1.82, 2.24) is 9.62 Å². The number of amides is 1. The van der Waals surface area contributed by atoms with Crippen LogP contribution in [0.25, 0.3) is 10.8 Å². The van der Waals surface area contributed by atoms with Crippen LogP contribution in [0.5, 0.6) is 0 Å². The molecule has 0 saturated heterocycles. The SMILES string of the molecule is COC(=O)C[C@H](NC(=O)CN(C)S(=O)(=O)c1ccc2ccccc2c1)c1ccccc1. The van der Waals surface area contributed by atoms with Gasteiger partial charge in [0.1, 0.15) is 0 Å². The van der Waals surface area contributed by atoms with Crippen molar-refractivity contribution in [3.63, 3.8) is 0 Å². The maximum atomic E-state index is 13.0. The Morgan fingerprint density at radius 1 is 0.968 bits per heavy atom. The van der Waals surface area contributed by atoms with Crippen molar-refractivity contribution < 1.29 is 22.7 Å². The molecule has 8 heteroatoms. The molecule has 0 aliphatic carbocycles. The number of carbonyl (C=O) groups is 2. The number of ether oxygens (including phenoxy) is 1. The number of benzene rings is 3. The Bertz CT molecular complexity index is 1180. The van der Waals surface area contributed by atoms with Gasteiger partial charge in [-0.15, -0.1) is 0 Å². The molecule has 7 nitrogen and oxygen atoms in total. The van der Waals surface area contributed by atoms with E-state index in [2.05, 4.69) is 5.32 Å². The fraction of sp³-hybridized carbons (Fsp3) is 0.217. The molecule has 3 rings (SSSR count). The third kappa shape index (κ3) is 5.48. The largest absolute Gasteiger partial charge is 0.469 e. The molecule has 0 unspecified atom stereocenters. The van der Waals surface area contributed by atoms with Gasteiger partial charge in [0.05, 0.1) is 31.0 Å². The summed E-state index contributed by atoms with van der Waals surface area (Å²) in [6.07, 6.45) is -0.0621. The van der Waals surface area contributed by atoms with E-state index in [-0.39, 0.29) is 17.9 Å². The van der Waals surface area contributed by atoms with Gasteiger partial charge in [-0.25, -0.2) is 8.42 Å². The number of carbonyl (C=O) groups excluding carboxylic acids is 2. The van der Waals surface area contributed by atoms with Crippen LogP contribution in [0.2, 0.25) is 0 Å². The Labute approximate surface area is 181 Å². The van der Waals surface area contributed by atoms with Crippen LogP contribution in [0.15, 0.2) is 77.7 Å². The van der Waals surface area contributed by atoms with Gasteiger partial charge in [-0.3, -0.25) is 9.59 Å². The molecule has 0 radical (unpaired) electrons. The molecule has 3 aromatic rings. The molecule has 0 spiro atoms. The quantitative estimate of drug-likeness (QED) is 0.544. The molecule has 0 saturated carbocycles. The number of sulfonamides is 1. The normalized spacial score (nSPS) is 12.5. The van der Waals surface area contributed by atoms with Crippen LogP contribution >= 0.6 is 0 Å². The Balaban J connectivity index is 1.74. The van der Waals surface area contributed by atoms with E-state index in [1.807, 2.05) is 30.3 Å². The van der Waals surface area contributed by atoms with E-state index in [0.29, 0.717) is 0 Å². The summed E-state index contributed by atoms with van der Waals surface area (Å²) in [4.78, 5) is 24.5. The fourth-order valence-electron chi connectivity index (χ4n) is 3.22. The van der Waals surface area contributed by atoms with E-state index in [4.69, 9.17) is 4.74 Å². The van der Waals surface area contributed by atoms with Gasteiger partial charge in [-0.1, -0.05) is 60.7 Å². The smallest absolute Gasteiger partial charge is 0.307 e. The second-order valence-electron chi connectivity index (χ2n) is 7.08. The first-order valence-corrected chi connectivity index (χ1v) is 11.1. The van der Waals surface area contributed by atoms with Crippen molar-refractivity contribution in [3.05, 3.63) is 78.4 Å². The van der Waals surface area contributed by atoms with Gasteiger partial charge in [-0.05, 0) is 28.5 Å². The van der Waals surface area contributed by atoms with Gasteiger partial charge in [-0.2, -0.15) is 4.31 Å². The number of likely N-dealkylation sites (N-methyl/N-ethyl adjacent to an activating group) is 1. The number of methoxy groups -OCH3 is 1. The maximum absolute atomic E-state index is 13.0. The second-order valence-corrected chi connectivity index (χ2v) is 9.13. The molecule has 0 aliphatic heterocycles. The van der Waals surface area contributed by atoms with E-state index in [0.717, 1.165) is 20.6 Å². The van der Waals surface area contributed by atoms with Crippen LogP contribution in [0.1, 0.15) is 18.0 Å². The number of esters is 1. The molecule has 0 aliphatic rings. The van der Waals surface area contributed by atoms with Crippen LogP contribution in [-0.2, 0) is 24.3 Å². The van der Waals surface area contributed by atoms with Crippen molar-refractivity contribution >= 4 is 32.7 Å². The fourth-order valence-corrected chi connectivity index (χ4v) is 4.39. The van der Waals surface area contributed by atoms with E-state index in [1.54, 1.807) is 36.4 Å². The van der Waals surface area contributed by atoms with Gasteiger partial charge in [0.2, 0.25) is 15.9 Å². The third-order valence-electron chi connectivity index (χ3n) is 4.93. The summed E-state index contributed by atoms with van der Waals surface area (Å²) < 4.78 is 31.6. The van der Waals surface area contributed by atoms with Crippen molar-refractivity contribution in [2.45, 2.75) is 17.4 Å². The van der Waals surface area contributed by atoms with E-state index < -0.39 is 27.9 Å². The monoisotopic (exact) mass is 440 g/mol. The summed E-state index contributed by atoms with van der Waals surface area (Å²) >= 11 is 0. The molecule has 0 heterocycles. The molecule has 0 fully saturated rings. The Morgan fingerprint density at radius 3 is 2.29 bits per heavy atom. The van der Waals surface area contributed by atoms with Crippen molar-refractivity contribution in [2.24, 2.45) is 0 Å². The predicted molar refractivity (Wildman–Crippen MR) is 118 cm³/mol. The number of hydrogen-bond donors (Lipinski definition) is 1. The summed E-state index contributed by atoms with van der Waals surface area (Å²) in [5, 5.41) is 4.46. The Morgan fingerprint density at radius 2 is 1.61 bits per heavy atom. The lowest BCUT2D eigenvalue weighted by atomic mass is 10.0. The average molecular weight is 441 g/mol. The third-order valence-corrected chi connectivity index (χ3v) is 6.73.